The van der Waals surface area contributed by atoms with Crippen molar-refractivity contribution >= 4 is 23.2 Å². The Morgan fingerprint density at radius 2 is 1.86 bits per heavy atom. The maximum absolute atomic E-state index is 14.3. The van der Waals surface area contributed by atoms with Crippen LogP contribution in [0.3, 0.4) is 0 Å². The molecule has 0 radical (unpaired) electrons. The van der Waals surface area contributed by atoms with Crippen molar-refractivity contribution in [2.75, 3.05) is 13.7 Å². The van der Waals surface area contributed by atoms with E-state index >= 15 is 0 Å². The molecule has 0 saturated heterocycles. The van der Waals surface area contributed by atoms with Crippen molar-refractivity contribution in [3.63, 3.8) is 0 Å². The highest BCUT2D eigenvalue weighted by molar-refractivity contribution is 6.36. The second-order valence-corrected chi connectivity index (χ2v) is 5.38. The molecule has 0 unspecified atom stereocenters. The van der Waals surface area contributed by atoms with E-state index in [1.165, 1.54) is 13.2 Å². The lowest BCUT2D eigenvalue weighted by atomic mass is 10.0. The Kier molecular flexibility index (Phi) is 5.45. The Hall–Kier alpha value is -1.29. The van der Waals surface area contributed by atoms with Crippen LogP contribution in [0, 0.1) is 5.82 Å². The van der Waals surface area contributed by atoms with Crippen molar-refractivity contribution in [3.8, 4) is 16.9 Å². The summed E-state index contributed by atoms with van der Waals surface area (Å²) in [5.41, 5.74) is 1.86. The van der Waals surface area contributed by atoms with Gasteiger partial charge in [-0.3, -0.25) is 0 Å². The smallest absolute Gasteiger partial charge is 0.138 e. The van der Waals surface area contributed by atoms with Crippen molar-refractivity contribution in [1.29, 1.82) is 0 Å². The highest BCUT2D eigenvalue weighted by Crippen LogP contribution is 2.37. The zero-order chi connectivity index (χ0) is 15.4. The maximum atomic E-state index is 14.3. The number of methoxy groups -OCH3 is 1. The van der Waals surface area contributed by atoms with E-state index in [0.717, 1.165) is 12.1 Å². The van der Waals surface area contributed by atoms with Crippen LogP contribution >= 0.6 is 23.2 Å². The molecule has 1 N–H and O–H groups in total. The predicted octanol–water partition coefficient (Wildman–Crippen LogP) is 4.92. The van der Waals surface area contributed by atoms with Gasteiger partial charge >= 0.3 is 0 Å². The SMILES string of the molecule is CCNCc1ccc(-c2cc(Cl)c(OC)cc2Cl)c(F)c1. The molecule has 0 spiro atoms. The van der Waals surface area contributed by atoms with Gasteiger partial charge in [0.25, 0.3) is 0 Å². The van der Waals surface area contributed by atoms with Crippen LogP contribution in [0.15, 0.2) is 30.3 Å². The first-order valence-electron chi connectivity index (χ1n) is 6.59. The molecule has 0 saturated carbocycles. The van der Waals surface area contributed by atoms with Crippen LogP contribution in [0.5, 0.6) is 5.75 Å². The highest BCUT2D eigenvalue weighted by atomic mass is 35.5. The van der Waals surface area contributed by atoms with Crippen LogP contribution in [-0.4, -0.2) is 13.7 Å². The molecule has 2 aromatic carbocycles. The molecule has 0 aliphatic rings. The third-order valence-corrected chi connectivity index (χ3v) is 3.75. The van der Waals surface area contributed by atoms with E-state index in [0.29, 0.717) is 33.5 Å². The molecule has 0 aliphatic heterocycles. The zero-order valence-corrected chi connectivity index (χ0v) is 13.4. The summed E-state index contributed by atoms with van der Waals surface area (Å²) in [7, 11) is 1.51. The summed E-state index contributed by atoms with van der Waals surface area (Å²) < 4.78 is 19.4. The number of ether oxygens (including phenoxy) is 1. The maximum Gasteiger partial charge on any atom is 0.138 e. The van der Waals surface area contributed by atoms with Gasteiger partial charge < -0.3 is 10.1 Å². The van der Waals surface area contributed by atoms with Crippen LogP contribution in [0.4, 0.5) is 4.39 Å². The van der Waals surface area contributed by atoms with Gasteiger partial charge in [-0.15, -0.1) is 0 Å². The molecule has 5 heteroatoms. The number of hydrogen-bond acceptors (Lipinski definition) is 2. The molecule has 112 valence electrons. The monoisotopic (exact) mass is 327 g/mol. The fraction of sp³-hybridized carbons (Fsp3) is 0.250. The van der Waals surface area contributed by atoms with E-state index in [4.69, 9.17) is 27.9 Å². The number of benzene rings is 2. The summed E-state index contributed by atoms with van der Waals surface area (Å²) in [6, 6.07) is 8.30. The fourth-order valence-electron chi connectivity index (χ4n) is 2.05. The van der Waals surface area contributed by atoms with Gasteiger partial charge in [0.1, 0.15) is 11.6 Å². The van der Waals surface area contributed by atoms with Gasteiger partial charge in [0.15, 0.2) is 0 Å². The van der Waals surface area contributed by atoms with Gasteiger partial charge in [0.2, 0.25) is 0 Å². The Morgan fingerprint density at radius 3 is 2.48 bits per heavy atom. The van der Waals surface area contributed by atoms with Crippen LogP contribution in [-0.2, 0) is 6.54 Å². The summed E-state index contributed by atoms with van der Waals surface area (Å²) in [5, 5.41) is 3.95. The molecule has 21 heavy (non-hydrogen) atoms. The van der Waals surface area contributed by atoms with E-state index in [1.807, 2.05) is 13.0 Å². The first kappa shape index (κ1) is 16.1. The first-order valence-corrected chi connectivity index (χ1v) is 7.35. The molecule has 0 aromatic heterocycles. The van der Waals surface area contributed by atoms with Crippen molar-refractivity contribution in [3.05, 3.63) is 51.8 Å². The lowest BCUT2D eigenvalue weighted by Crippen LogP contribution is -2.11. The first-order chi connectivity index (χ1) is 10.1. The van der Waals surface area contributed by atoms with E-state index in [-0.39, 0.29) is 5.82 Å². The Bertz CT molecular complexity index is 646. The zero-order valence-electron chi connectivity index (χ0n) is 11.8. The summed E-state index contributed by atoms with van der Waals surface area (Å²) in [4.78, 5) is 0. The van der Waals surface area contributed by atoms with Crippen LogP contribution in [0.1, 0.15) is 12.5 Å². The minimum atomic E-state index is -0.325. The third-order valence-electron chi connectivity index (χ3n) is 3.14. The van der Waals surface area contributed by atoms with Gasteiger partial charge in [0.05, 0.1) is 17.2 Å². The predicted molar refractivity (Wildman–Crippen MR) is 85.8 cm³/mol. The molecule has 0 atom stereocenters. The second kappa shape index (κ2) is 7.12. The van der Waals surface area contributed by atoms with Gasteiger partial charge in [-0.2, -0.15) is 0 Å². The Labute approximate surface area is 133 Å². The largest absolute Gasteiger partial charge is 0.495 e. The summed E-state index contributed by atoms with van der Waals surface area (Å²) in [6.45, 7) is 3.47. The van der Waals surface area contributed by atoms with Crippen LogP contribution < -0.4 is 10.1 Å². The Morgan fingerprint density at radius 1 is 1.10 bits per heavy atom. The second-order valence-electron chi connectivity index (χ2n) is 4.56. The molecule has 0 bridgehead atoms. The quantitative estimate of drug-likeness (QED) is 0.841. The lowest BCUT2D eigenvalue weighted by molar-refractivity contribution is 0.415. The summed E-state index contributed by atoms with van der Waals surface area (Å²) in [6.07, 6.45) is 0. The average molecular weight is 328 g/mol. The van der Waals surface area contributed by atoms with Crippen molar-refractivity contribution in [1.82, 2.24) is 5.32 Å². The normalized spacial score (nSPS) is 10.7. The molecular formula is C16H16Cl2FNO. The third kappa shape index (κ3) is 3.67. The topological polar surface area (TPSA) is 21.3 Å². The van der Waals surface area contributed by atoms with Crippen LogP contribution in [0.25, 0.3) is 11.1 Å². The number of halogens is 3. The van der Waals surface area contributed by atoms with E-state index in [2.05, 4.69) is 5.32 Å². The standard InChI is InChI=1S/C16H16Cl2FNO/c1-3-20-9-10-4-5-11(15(19)6-10)12-7-14(18)16(21-2)8-13(12)17/h4-8,20H,3,9H2,1-2H3. The molecule has 2 aromatic rings. The van der Waals surface area contributed by atoms with Crippen molar-refractivity contribution in [2.45, 2.75) is 13.5 Å². The van der Waals surface area contributed by atoms with E-state index in [9.17, 15) is 4.39 Å². The summed E-state index contributed by atoms with van der Waals surface area (Å²) >= 11 is 12.3. The molecule has 0 amide bonds. The van der Waals surface area contributed by atoms with E-state index in [1.54, 1.807) is 18.2 Å². The fourth-order valence-corrected chi connectivity index (χ4v) is 2.54. The lowest BCUT2D eigenvalue weighted by Gasteiger charge is -2.11. The molecule has 2 rings (SSSR count). The van der Waals surface area contributed by atoms with Gasteiger partial charge in [-0.05, 0) is 24.2 Å². The number of nitrogens with one attached hydrogen (secondary N) is 1. The van der Waals surface area contributed by atoms with Crippen LogP contribution in [0.2, 0.25) is 10.0 Å². The molecule has 0 heterocycles. The van der Waals surface area contributed by atoms with Gasteiger partial charge in [-0.1, -0.05) is 42.3 Å². The highest BCUT2D eigenvalue weighted by Gasteiger charge is 2.13. The van der Waals surface area contributed by atoms with Gasteiger partial charge in [0, 0.05) is 23.7 Å². The van der Waals surface area contributed by atoms with Crippen molar-refractivity contribution < 1.29 is 9.13 Å². The molecule has 2 nitrogen and oxygen atoms in total. The minimum Gasteiger partial charge on any atom is -0.495 e. The van der Waals surface area contributed by atoms with Crippen molar-refractivity contribution in [2.24, 2.45) is 0 Å². The molecule has 0 aliphatic carbocycles. The number of rotatable bonds is 5. The Balaban J connectivity index is 2.40. The molecule has 0 fully saturated rings. The minimum absolute atomic E-state index is 0.325. The van der Waals surface area contributed by atoms with E-state index < -0.39 is 0 Å². The average Bonchev–Trinajstić information content (AvgIpc) is 2.47. The summed E-state index contributed by atoms with van der Waals surface area (Å²) in [5.74, 6) is 0.142. The van der Waals surface area contributed by atoms with Gasteiger partial charge in [-0.25, -0.2) is 4.39 Å². The number of hydrogen-bond donors (Lipinski definition) is 1. The molecular weight excluding hydrogens is 312 g/mol.